The minimum absolute atomic E-state index is 0.0470. The molecule has 1 rings (SSSR count). The van der Waals surface area contributed by atoms with Crippen LogP contribution in [0.4, 0.5) is 0 Å². The van der Waals surface area contributed by atoms with Gasteiger partial charge in [0.1, 0.15) is 0 Å². The molecule has 0 radical (unpaired) electrons. The van der Waals surface area contributed by atoms with Crippen molar-refractivity contribution in [3.05, 3.63) is 0 Å². The van der Waals surface area contributed by atoms with Gasteiger partial charge in [-0.1, -0.05) is 34.6 Å². The van der Waals surface area contributed by atoms with Crippen molar-refractivity contribution in [3.8, 4) is 0 Å². The maximum atomic E-state index is 9.74. The average molecular weight is 198 g/mol. The normalized spacial score (nSPS) is 39.4. The summed E-state index contributed by atoms with van der Waals surface area (Å²) in [6.45, 7) is 11.7. The van der Waals surface area contributed by atoms with Gasteiger partial charge in [-0.15, -0.1) is 0 Å². The van der Waals surface area contributed by atoms with E-state index in [9.17, 15) is 5.11 Å². The first-order chi connectivity index (χ1) is 6.38. The molecule has 1 heteroatoms. The highest BCUT2D eigenvalue weighted by molar-refractivity contribution is 4.92. The lowest BCUT2D eigenvalue weighted by Gasteiger charge is -2.48. The van der Waals surface area contributed by atoms with E-state index in [4.69, 9.17) is 0 Å². The Hall–Kier alpha value is -0.0400. The monoisotopic (exact) mass is 198 g/mol. The van der Waals surface area contributed by atoms with E-state index >= 15 is 0 Å². The zero-order valence-corrected chi connectivity index (χ0v) is 10.4. The third-order valence-electron chi connectivity index (χ3n) is 4.51. The van der Waals surface area contributed by atoms with Crippen molar-refractivity contribution in [2.24, 2.45) is 23.2 Å². The van der Waals surface area contributed by atoms with Crippen LogP contribution in [0.25, 0.3) is 0 Å². The minimum Gasteiger partial charge on any atom is -0.393 e. The van der Waals surface area contributed by atoms with Gasteiger partial charge in [0.15, 0.2) is 0 Å². The van der Waals surface area contributed by atoms with Crippen molar-refractivity contribution < 1.29 is 5.11 Å². The molecule has 3 atom stereocenters. The maximum Gasteiger partial charge on any atom is 0.0543 e. The standard InChI is InChI=1S/C13H26O/c1-9(2)12-8-11(14)6-7-13(12,5)10(3)4/h9-12,14H,6-8H2,1-5H3/t11-,12?,13+/m0/s1. The first kappa shape index (κ1) is 12.0. The molecule has 1 aliphatic carbocycles. The molecule has 0 aliphatic heterocycles. The molecule has 1 fully saturated rings. The second-order valence-electron chi connectivity index (χ2n) is 5.94. The molecule has 1 aliphatic rings. The molecule has 14 heavy (non-hydrogen) atoms. The largest absolute Gasteiger partial charge is 0.393 e. The van der Waals surface area contributed by atoms with Crippen LogP contribution in [0.1, 0.15) is 53.9 Å². The molecule has 0 amide bonds. The maximum absolute atomic E-state index is 9.74. The van der Waals surface area contributed by atoms with Crippen LogP contribution in [0, 0.1) is 23.2 Å². The summed E-state index contributed by atoms with van der Waals surface area (Å²) in [5, 5.41) is 9.74. The van der Waals surface area contributed by atoms with Gasteiger partial charge in [-0.05, 0) is 42.4 Å². The number of hydrogen-bond donors (Lipinski definition) is 1. The van der Waals surface area contributed by atoms with Crippen LogP contribution in [0.5, 0.6) is 0 Å². The molecule has 1 nitrogen and oxygen atoms in total. The van der Waals surface area contributed by atoms with Gasteiger partial charge in [0.05, 0.1) is 6.10 Å². The summed E-state index contributed by atoms with van der Waals surface area (Å²) in [4.78, 5) is 0. The fourth-order valence-electron chi connectivity index (χ4n) is 3.09. The van der Waals surface area contributed by atoms with Gasteiger partial charge < -0.3 is 5.11 Å². The molecular weight excluding hydrogens is 172 g/mol. The molecule has 1 unspecified atom stereocenters. The fraction of sp³-hybridized carbons (Fsp3) is 1.00. The highest BCUT2D eigenvalue weighted by Crippen LogP contribution is 2.49. The van der Waals surface area contributed by atoms with Crippen molar-refractivity contribution in [2.75, 3.05) is 0 Å². The predicted molar refractivity (Wildman–Crippen MR) is 61.1 cm³/mol. The van der Waals surface area contributed by atoms with Crippen molar-refractivity contribution in [1.82, 2.24) is 0 Å². The van der Waals surface area contributed by atoms with Gasteiger partial charge in [-0.25, -0.2) is 0 Å². The van der Waals surface area contributed by atoms with Gasteiger partial charge in [0, 0.05) is 0 Å². The van der Waals surface area contributed by atoms with E-state index in [1.54, 1.807) is 0 Å². The van der Waals surface area contributed by atoms with Crippen LogP contribution in [0.15, 0.2) is 0 Å². The summed E-state index contributed by atoms with van der Waals surface area (Å²) in [6.07, 6.45) is 3.15. The second-order valence-corrected chi connectivity index (χ2v) is 5.94. The Kier molecular flexibility index (Phi) is 3.63. The summed E-state index contributed by atoms with van der Waals surface area (Å²) < 4.78 is 0. The molecule has 0 bridgehead atoms. The molecular formula is C13H26O. The van der Waals surface area contributed by atoms with E-state index in [-0.39, 0.29) is 6.10 Å². The topological polar surface area (TPSA) is 20.2 Å². The van der Waals surface area contributed by atoms with Crippen LogP contribution in [-0.4, -0.2) is 11.2 Å². The number of aliphatic hydroxyl groups excluding tert-OH is 1. The van der Waals surface area contributed by atoms with Crippen LogP contribution in [0.3, 0.4) is 0 Å². The van der Waals surface area contributed by atoms with Gasteiger partial charge in [-0.2, -0.15) is 0 Å². The Bertz CT molecular complexity index is 186. The van der Waals surface area contributed by atoms with Crippen LogP contribution >= 0.6 is 0 Å². The van der Waals surface area contributed by atoms with Crippen molar-refractivity contribution in [3.63, 3.8) is 0 Å². The van der Waals surface area contributed by atoms with E-state index in [1.807, 2.05) is 0 Å². The molecule has 0 aromatic heterocycles. The summed E-state index contributed by atoms with van der Waals surface area (Å²) in [6, 6.07) is 0. The van der Waals surface area contributed by atoms with E-state index < -0.39 is 0 Å². The zero-order chi connectivity index (χ0) is 10.9. The quantitative estimate of drug-likeness (QED) is 0.720. The SMILES string of the molecule is CC(C)C1C[C@@H](O)CC[C@]1(C)C(C)C. The number of rotatable bonds is 2. The summed E-state index contributed by atoms with van der Waals surface area (Å²) >= 11 is 0. The van der Waals surface area contributed by atoms with Gasteiger partial charge in [-0.3, -0.25) is 0 Å². The van der Waals surface area contributed by atoms with Crippen LogP contribution in [0.2, 0.25) is 0 Å². The van der Waals surface area contributed by atoms with E-state index in [0.717, 1.165) is 18.8 Å². The van der Waals surface area contributed by atoms with E-state index in [0.29, 0.717) is 17.3 Å². The van der Waals surface area contributed by atoms with Gasteiger partial charge in [0.2, 0.25) is 0 Å². The third kappa shape index (κ3) is 2.13. The average Bonchev–Trinajstić information content (AvgIpc) is 2.08. The summed E-state index contributed by atoms with van der Waals surface area (Å²) in [5.74, 6) is 2.10. The lowest BCUT2D eigenvalue weighted by Crippen LogP contribution is -2.42. The summed E-state index contributed by atoms with van der Waals surface area (Å²) in [7, 11) is 0. The Morgan fingerprint density at radius 3 is 2.21 bits per heavy atom. The first-order valence-electron chi connectivity index (χ1n) is 6.06. The zero-order valence-electron chi connectivity index (χ0n) is 10.4. The molecule has 0 aromatic rings. The Morgan fingerprint density at radius 1 is 1.21 bits per heavy atom. The number of aliphatic hydroxyl groups is 1. The van der Waals surface area contributed by atoms with Crippen molar-refractivity contribution in [1.29, 1.82) is 0 Å². The molecule has 0 heterocycles. The number of hydrogen-bond acceptors (Lipinski definition) is 1. The summed E-state index contributed by atoms with van der Waals surface area (Å²) in [5.41, 5.74) is 0.438. The predicted octanol–water partition coefficient (Wildman–Crippen LogP) is 3.47. The van der Waals surface area contributed by atoms with Gasteiger partial charge >= 0.3 is 0 Å². The minimum atomic E-state index is -0.0470. The lowest BCUT2D eigenvalue weighted by molar-refractivity contribution is -0.0302. The third-order valence-corrected chi connectivity index (χ3v) is 4.51. The van der Waals surface area contributed by atoms with E-state index in [2.05, 4.69) is 34.6 Å². The molecule has 84 valence electrons. The second kappa shape index (κ2) is 4.22. The Balaban J connectivity index is 2.82. The molecule has 0 saturated heterocycles. The first-order valence-corrected chi connectivity index (χ1v) is 6.06. The van der Waals surface area contributed by atoms with Crippen molar-refractivity contribution in [2.45, 2.75) is 60.0 Å². The highest BCUT2D eigenvalue weighted by Gasteiger charge is 2.42. The highest BCUT2D eigenvalue weighted by atomic mass is 16.3. The molecule has 0 spiro atoms. The molecule has 0 aromatic carbocycles. The van der Waals surface area contributed by atoms with Gasteiger partial charge in [0.25, 0.3) is 0 Å². The molecule has 1 saturated carbocycles. The Labute approximate surface area is 88.9 Å². The van der Waals surface area contributed by atoms with E-state index in [1.165, 1.54) is 6.42 Å². The smallest absolute Gasteiger partial charge is 0.0543 e. The lowest BCUT2D eigenvalue weighted by atomic mass is 9.58. The molecule has 1 N–H and O–H groups in total. The van der Waals surface area contributed by atoms with Crippen LogP contribution in [-0.2, 0) is 0 Å². The van der Waals surface area contributed by atoms with Crippen molar-refractivity contribution >= 4 is 0 Å². The van der Waals surface area contributed by atoms with Crippen LogP contribution < -0.4 is 0 Å². The fourth-order valence-corrected chi connectivity index (χ4v) is 3.09. The Morgan fingerprint density at radius 2 is 1.79 bits per heavy atom.